The van der Waals surface area contributed by atoms with E-state index in [1.807, 2.05) is 18.5 Å². The lowest BCUT2D eigenvalue weighted by Gasteiger charge is -2.01. The average Bonchev–Trinajstić information content (AvgIpc) is 2.73. The molecule has 0 aromatic carbocycles. The highest BCUT2D eigenvalue weighted by Crippen LogP contribution is 2.47. The topological polar surface area (TPSA) is 28.7 Å². The zero-order valence-electron chi connectivity index (χ0n) is 9.20. The van der Waals surface area contributed by atoms with Gasteiger partial charge in [-0.05, 0) is 41.9 Å². The quantitative estimate of drug-likeness (QED) is 0.793. The van der Waals surface area contributed by atoms with Crippen molar-refractivity contribution < 1.29 is 0 Å². The molecule has 2 aromatic heterocycles. The van der Waals surface area contributed by atoms with Crippen LogP contribution in [0.2, 0.25) is 0 Å². The molecular weight excluding hydrogens is 184 g/mol. The molecule has 0 bridgehead atoms. The predicted molar refractivity (Wildman–Crippen MR) is 61.6 cm³/mol. The zero-order chi connectivity index (χ0) is 10.4. The van der Waals surface area contributed by atoms with E-state index in [2.05, 4.69) is 29.9 Å². The van der Waals surface area contributed by atoms with Gasteiger partial charge in [0, 0.05) is 12.4 Å². The number of aromatic nitrogens is 2. The van der Waals surface area contributed by atoms with Crippen LogP contribution in [0.3, 0.4) is 0 Å². The Balaban J connectivity index is 1.94. The van der Waals surface area contributed by atoms with E-state index in [9.17, 15) is 0 Å². The summed E-state index contributed by atoms with van der Waals surface area (Å²) in [7, 11) is 0. The van der Waals surface area contributed by atoms with E-state index in [-0.39, 0.29) is 0 Å². The average molecular weight is 200 g/mol. The standard InChI is InChI=1S/C13H16N2/c1-8-9(2)11(8)7-10-3-5-14-12-4-6-15-13(10)12/h3-6,8-9,11,15H,7H2,1-2H3. The molecule has 0 radical (unpaired) electrons. The smallest absolute Gasteiger partial charge is 0.0881 e. The Morgan fingerprint density at radius 2 is 2.07 bits per heavy atom. The highest BCUT2D eigenvalue weighted by atomic mass is 14.8. The molecule has 3 rings (SSSR count). The number of hydrogen-bond acceptors (Lipinski definition) is 1. The van der Waals surface area contributed by atoms with Gasteiger partial charge in [-0.15, -0.1) is 0 Å². The van der Waals surface area contributed by atoms with Crippen molar-refractivity contribution in [3.8, 4) is 0 Å². The summed E-state index contributed by atoms with van der Waals surface area (Å²) in [5.41, 5.74) is 3.74. The molecule has 78 valence electrons. The van der Waals surface area contributed by atoms with Crippen LogP contribution in [-0.4, -0.2) is 9.97 Å². The molecule has 0 saturated heterocycles. The minimum absolute atomic E-state index is 0.874. The fourth-order valence-corrected chi connectivity index (χ4v) is 2.58. The molecule has 1 N–H and O–H groups in total. The molecule has 2 unspecified atom stereocenters. The van der Waals surface area contributed by atoms with Crippen molar-refractivity contribution >= 4 is 11.0 Å². The molecule has 2 atom stereocenters. The van der Waals surface area contributed by atoms with Crippen molar-refractivity contribution in [2.75, 3.05) is 0 Å². The number of aromatic amines is 1. The van der Waals surface area contributed by atoms with E-state index in [0.717, 1.165) is 23.3 Å². The SMILES string of the molecule is CC1C(C)C1Cc1ccnc2cc[nH]c12. The first kappa shape index (κ1) is 8.96. The Hall–Kier alpha value is -1.31. The number of pyridine rings is 1. The van der Waals surface area contributed by atoms with Gasteiger partial charge < -0.3 is 4.98 Å². The van der Waals surface area contributed by atoms with Crippen LogP contribution >= 0.6 is 0 Å². The molecule has 2 heteroatoms. The summed E-state index contributed by atoms with van der Waals surface area (Å²) in [4.78, 5) is 7.62. The van der Waals surface area contributed by atoms with E-state index in [0.29, 0.717) is 0 Å². The van der Waals surface area contributed by atoms with Gasteiger partial charge in [-0.3, -0.25) is 4.98 Å². The van der Waals surface area contributed by atoms with Crippen molar-refractivity contribution in [2.24, 2.45) is 17.8 Å². The first-order valence-corrected chi connectivity index (χ1v) is 5.68. The van der Waals surface area contributed by atoms with Crippen molar-refractivity contribution in [3.63, 3.8) is 0 Å². The van der Waals surface area contributed by atoms with Crippen LogP contribution in [0.5, 0.6) is 0 Å². The summed E-state index contributed by atoms with van der Waals surface area (Å²) in [6.45, 7) is 4.70. The van der Waals surface area contributed by atoms with Gasteiger partial charge in [-0.1, -0.05) is 13.8 Å². The number of rotatable bonds is 2. The van der Waals surface area contributed by atoms with Crippen LogP contribution in [0.1, 0.15) is 19.4 Å². The summed E-state index contributed by atoms with van der Waals surface area (Å²) in [5.74, 6) is 2.66. The lowest BCUT2D eigenvalue weighted by atomic mass is 10.1. The number of nitrogens with zero attached hydrogens (tertiary/aromatic N) is 1. The third kappa shape index (κ3) is 1.36. The minimum atomic E-state index is 0.874. The van der Waals surface area contributed by atoms with Gasteiger partial charge in [-0.25, -0.2) is 0 Å². The molecule has 0 spiro atoms. The van der Waals surface area contributed by atoms with Crippen LogP contribution in [0.4, 0.5) is 0 Å². The second kappa shape index (κ2) is 3.09. The minimum Gasteiger partial charge on any atom is -0.360 e. The summed E-state index contributed by atoms with van der Waals surface area (Å²) in [6, 6.07) is 4.19. The predicted octanol–water partition coefficient (Wildman–Crippen LogP) is 3.01. The van der Waals surface area contributed by atoms with Gasteiger partial charge in [0.15, 0.2) is 0 Å². The maximum atomic E-state index is 4.34. The highest BCUT2D eigenvalue weighted by molar-refractivity contribution is 5.78. The van der Waals surface area contributed by atoms with E-state index in [1.165, 1.54) is 17.5 Å². The van der Waals surface area contributed by atoms with Gasteiger partial charge in [0.1, 0.15) is 0 Å². The van der Waals surface area contributed by atoms with E-state index >= 15 is 0 Å². The number of hydrogen-bond donors (Lipinski definition) is 1. The molecule has 2 heterocycles. The first-order valence-electron chi connectivity index (χ1n) is 5.68. The first-order chi connectivity index (χ1) is 7.27. The van der Waals surface area contributed by atoms with Crippen LogP contribution in [0, 0.1) is 17.8 Å². The maximum absolute atomic E-state index is 4.34. The van der Waals surface area contributed by atoms with Crippen LogP contribution < -0.4 is 0 Å². The van der Waals surface area contributed by atoms with Crippen LogP contribution in [-0.2, 0) is 6.42 Å². The van der Waals surface area contributed by atoms with Crippen molar-refractivity contribution in [1.82, 2.24) is 9.97 Å². The molecule has 2 nitrogen and oxygen atoms in total. The van der Waals surface area contributed by atoms with Gasteiger partial charge in [0.05, 0.1) is 11.0 Å². The maximum Gasteiger partial charge on any atom is 0.0881 e. The highest BCUT2D eigenvalue weighted by Gasteiger charge is 2.42. The Morgan fingerprint density at radius 1 is 1.27 bits per heavy atom. The fraction of sp³-hybridized carbons (Fsp3) is 0.462. The van der Waals surface area contributed by atoms with Crippen molar-refractivity contribution in [2.45, 2.75) is 20.3 Å². The molecule has 1 aliphatic carbocycles. The zero-order valence-corrected chi connectivity index (χ0v) is 9.20. The van der Waals surface area contributed by atoms with Gasteiger partial charge in [0.2, 0.25) is 0 Å². The molecular formula is C13H16N2. The van der Waals surface area contributed by atoms with Gasteiger partial charge >= 0.3 is 0 Å². The lowest BCUT2D eigenvalue weighted by molar-refractivity contribution is 0.733. The number of fused-ring (bicyclic) bond motifs is 1. The fourth-order valence-electron chi connectivity index (χ4n) is 2.58. The molecule has 2 aromatic rings. The normalized spacial score (nSPS) is 29.6. The molecule has 1 saturated carbocycles. The summed E-state index contributed by atoms with van der Waals surface area (Å²) < 4.78 is 0. The van der Waals surface area contributed by atoms with E-state index in [4.69, 9.17) is 0 Å². The Morgan fingerprint density at radius 3 is 2.80 bits per heavy atom. The Labute approximate surface area is 89.7 Å². The molecule has 0 aliphatic heterocycles. The Kier molecular flexibility index (Phi) is 1.84. The largest absolute Gasteiger partial charge is 0.360 e. The van der Waals surface area contributed by atoms with Gasteiger partial charge in [-0.2, -0.15) is 0 Å². The summed E-state index contributed by atoms with van der Waals surface area (Å²) in [5, 5.41) is 0. The Bertz CT molecular complexity index is 478. The second-order valence-electron chi connectivity index (χ2n) is 4.79. The second-order valence-corrected chi connectivity index (χ2v) is 4.79. The monoisotopic (exact) mass is 200 g/mol. The molecule has 1 aliphatic rings. The van der Waals surface area contributed by atoms with Crippen molar-refractivity contribution in [3.05, 3.63) is 30.1 Å². The molecule has 1 fully saturated rings. The van der Waals surface area contributed by atoms with Crippen molar-refractivity contribution in [1.29, 1.82) is 0 Å². The number of nitrogens with one attached hydrogen (secondary N) is 1. The summed E-state index contributed by atoms with van der Waals surface area (Å²) >= 11 is 0. The third-order valence-electron chi connectivity index (χ3n) is 4.03. The van der Waals surface area contributed by atoms with E-state index in [1.54, 1.807) is 0 Å². The summed E-state index contributed by atoms with van der Waals surface area (Å²) in [6.07, 6.45) is 5.09. The third-order valence-corrected chi connectivity index (χ3v) is 4.03. The molecule has 0 amide bonds. The van der Waals surface area contributed by atoms with Crippen LogP contribution in [0.25, 0.3) is 11.0 Å². The molecule has 15 heavy (non-hydrogen) atoms. The lowest BCUT2D eigenvalue weighted by Crippen LogP contribution is -1.92. The van der Waals surface area contributed by atoms with E-state index < -0.39 is 0 Å². The van der Waals surface area contributed by atoms with Gasteiger partial charge in [0.25, 0.3) is 0 Å². The van der Waals surface area contributed by atoms with Crippen LogP contribution in [0.15, 0.2) is 24.5 Å². The number of H-pyrrole nitrogens is 1.